The van der Waals surface area contributed by atoms with Crippen LogP contribution in [0.1, 0.15) is 44.2 Å². The smallest absolute Gasteiger partial charge is 0.484 e. The molecule has 3 aromatic rings. The Bertz CT molecular complexity index is 1460. The fourth-order valence-electron chi connectivity index (χ4n) is 4.12. The van der Waals surface area contributed by atoms with Crippen LogP contribution in [0.15, 0.2) is 55.1 Å². The van der Waals surface area contributed by atoms with Crippen molar-refractivity contribution in [3.63, 3.8) is 0 Å². The first-order valence-corrected chi connectivity index (χ1v) is 14.5. The molecular weight excluding hydrogens is 640 g/mol. The molecule has 45 heavy (non-hydrogen) atoms. The first kappa shape index (κ1) is 36.2. The zero-order chi connectivity index (χ0) is 33.5. The van der Waals surface area contributed by atoms with E-state index in [4.69, 9.17) is 4.74 Å². The van der Waals surface area contributed by atoms with Crippen molar-refractivity contribution in [1.82, 2.24) is 0 Å². The van der Waals surface area contributed by atoms with Crippen molar-refractivity contribution in [2.24, 2.45) is 0 Å². The van der Waals surface area contributed by atoms with E-state index in [0.717, 1.165) is 53.5 Å². The number of halogens is 8. The van der Waals surface area contributed by atoms with Gasteiger partial charge in [0.05, 0.1) is 0 Å². The molecule has 0 unspecified atom stereocenters. The van der Waals surface area contributed by atoms with Gasteiger partial charge < -0.3 is 9.47 Å². The van der Waals surface area contributed by atoms with Gasteiger partial charge in [0.1, 0.15) is 5.75 Å². The van der Waals surface area contributed by atoms with Crippen LogP contribution in [0.5, 0.6) is 5.75 Å². The second kappa shape index (κ2) is 14.9. The fourth-order valence-corrected chi connectivity index (χ4v) is 5.27. The number of hydrogen-bond acceptors (Lipinski definition) is 7. The molecule has 0 fully saturated rings. The van der Waals surface area contributed by atoms with E-state index in [1.165, 1.54) is 29.0 Å². The van der Waals surface area contributed by atoms with Crippen molar-refractivity contribution >= 4 is 27.4 Å². The SMILES string of the molecule is C=CC(=O)OCC(F)(F)OC(F)(F)OC(F)(F)OC(F)(F)COc1ccc2cc(-c3ccc(CCCCC)cc3CC)sc2c1. The van der Waals surface area contributed by atoms with Crippen LogP contribution in [0.3, 0.4) is 0 Å². The molecule has 0 atom stereocenters. The lowest BCUT2D eigenvalue weighted by molar-refractivity contribution is -0.574. The number of benzene rings is 2. The number of esters is 1. The van der Waals surface area contributed by atoms with Gasteiger partial charge in [-0.3, -0.25) is 0 Å². The van der Waals surface area contributed by atoms with Crippen LogP contribution >= 0.6 is 11.3 Å². The van der Waals surface area contributed by atoms with Gasteiger partial charge in [-0.1, -0.05) is 51.5 Å². The Hall–Kier alpha value is -3.27. The highest BCUT2D eigenvalue weighted by Gasteiger charge is 2.57. The van der Waals surface area contributed by atoms with Crippen molar-refractivity contribution in [3.8, 4) is 16.2 Å². The molecule has 3 rings (SSSR count). The summed E-state index contributed by atoms with van der Waals surface area (Å²) < 4.78 is 127. The molecule has 0 spiro atoms. The molecule has 15 heteroatoms. The van der Waals surface area contributed by atoms with Gasteiger partial charge in [-0.25, -0.2) is 19.0 Å². The van der Waals surface area contributed by atoms with Crippen LogP contribution in [-0.4, -0.2) is 44.0 Å². The average molecular weight is 671 g/mol. The molecule has 0 saturated heterocycles. The third-order valence-electron chi connectivity index (χ3n) is 6.11. The molecule has 0 aliphatic carbocycles. The molecule has 2 aromatic carbocycles. The molecule has 0 aliphatic heterocycles. The molecule has 0 aliphatic rings. The lowest BCUT2D eigenvalue weighted by atomic mass is 9.98. The number of rotatable bonds is 18. The van der Waals surface area contributed by atoms with Gasteiger partial charge in [0.15, 0.2) is 13.2 Å². The Kier molecular flexibility index (Phi) is 12.0. The summed E-state index contributed by atoms with van der Waals surface area (Å²) in [7, 11) is 0. The number of ether oxygens (including phenoxy) is 5. The molecule has 6 nitrogen and oxygen atoms in total. The first-order valence-electron chi connectivity index (χ1n) is 13.7. The van der Waals surface area contributed by atoms with E-state index in [-0.39, 0.29) is 5.75 Å². The van der Waals surface area contributed by atoms with E-state index >= 15 is 0 Å². The molecule has 0 N–H and O–H groups in total. The monoisotopic (exact) mass is 670 g/mol. The molecule has 0 amide bonds. The molecule has 0 saturated carbocycles. The lowest BCUT2D eigenvalue weighted by Gasteiger charge is -2.27. The van der Waals surface area contributed by atoms with Gasteiger partial charge in [0.25, 0.3) is 0 Å². The van der Waals surface area contributed by atoms with E-state index < -0.39 is 44.0 Å². The van der Waals surface area contributed by atoms with E-state index in [1.54, 1.807) is 6.07 Å². The zero-order valence-electron chi connectivity index (χ0n) is 24.2. The molecular formula is C30H30F8O6S. The molecule has 1 heterocycles. The first-order chi connectivity index (χ1) is 21.0. The second-order valence-electron chi connectivity index (χ2n) is 9.72. The summed E-state index contributed by atoms with van der Waals surface area (Å²) in [6.45, 7) is 3.02. The van der Waals surface area contributed by atoms with Gasteiger partial charge in [0.2, 0.25) is 0 Å². The topological polar surface area (TPSA) is 63.2 Å². The number of unbranched alkanes of at least 4 members (excludes halogenated alkanes) is 2. The highest BCUT2D eigenvalue weighted by Crippen LogP contribution is 2.39. The largest absolute Gasteiger partial charge is 0.496 e. The summed E-state index contributed by atoms with van der Waals surface area (Å²) in [5, 5.41) is 0.762. The second-order valence-corrected chi connectivity index (χ2v) is 10.8. The van der Waals surface area contributed by atoms with E-state index in [1.807, 2.05) is 19.1 Å². The third kappa shape index (κ3) is 11.2. The highest BCUT2D eigenvalue weighted by molar-refractivity contribution is 7.22. The number of alkyl halides is 8. The Morgan fingerprint density at radius 3 is 2.13 bits per heavy atom. The molecule has 1 aromatic heterocycles. The van der Waals surface area contributed by atoms with E-state index in [0.29, 0.717) is 10.8 Å². The van der Waals surface area contributed by atoms with Crippen LogP contribution in [-0.2, 0) is 36.6 Å². The van der Waals surface area contributed by atoms with Gasteiger partial charge in [-0.15, -0.1) is 28.9 Å². The number of hydrogen-bond donors (Lipinski definition) is 0. The number of aryl methyl sites for hydroxylation is 2. The summed E-state index contributed by atoms with van der Waals surface area (Å²) in [6.07, 6.45) is -16.2. The molecule has 0 bridgehead atoms. The van der Waals surface area contributed by atoms with Crippen LogP contribution in [0.4, 0.5) is 35.1 Å². The average Bonchev–Trinajstić information content (AvgIpc) is 3.36. The van der Waals surface area contributed by atoms with Gasteiger partial charge in [-0.05, 0) is 65.6 Å². The Labute approximate surface area is 257 Å². The van der Waals surface area contributed by atoms with Crippen molar-refractivity contribution in [1.29, 1.82) is 0 Å². The summed E-state index contributed by atoms with van der Waals surface area (Å²) in [5.74, 6) is -1.64. The Morgan fingerprint density at radius 2 is 1.51 bits per heavy atom. The predicted molar refractivity (Wildman–Crippen MR) is 150 cm³/mol. The van der Waals surface area contributed by atoms with E-state index in [2.05, 4.69) is 44.6 Å². The molecule has 248 valence electrons. The normalized spacial score (nSPS) is 12.8. The quantitative estimate of drug-likeness (QED) is 0.0442. The minimum absolute atomic E-state index is 0.173. The maximum absolute atomic E-state index is 14.1. The van der Waals surface area contributed by atoms with Gasteiger partial charge in [-0.2, -0.15) is 17.6 Å². The van der Waals surface area contributed by atoms with Crippen LogP contribution in [0.25, 0.3) is 20.5 Å². The van der Waals surface area contributed by atoms with Crippen molar-refractivity contribution in [2.75, 3.05) is 13.2 Å². The van der Waals surface area contributed by atoms with Crippen LogP contribution < -0.4 is 4.74 Å². The van der Waals surface area contributed by atoms with E-state index in [9.17, 15) is 39.9 Å². The fraction of sp³-hybridized carbons (Fsp3) is 0.433. The zero-order valence-corrected chi connectivity index (χ0v) is 25.0. The summed E-state index contributed by atoms with van der Waals surface area (Å²) in [6, 6.07) is 12.4. The summed E-state index contributed by atoms with van der Waals surface area (Å²) in [5.41, 5.74) is 3.39. The predicted octanol–water partition coefficient (Wildman–Crippen LogP) is 9.31. The standard InChI is InChI=1S/C30H30F8O6S/c1-4-7-8-9-19-10-13-23(20(5-2)14-19)25-15-21-11-12-22(16-24(21)45-25)40-17-27(31,32)42-29(35,36)44-30(37,38)43-28(33,34)18-41-26(39)6-3/h6,10-16H,3-5,7-9,17-18H2,1-2H3. The lowest BCUT2D eigenvalue weighted by Crippen LogP contribution is -2.46. The third-order valence-corrected chi connectivity index (χ3v) is 7.24. The maximum atomic E-state index is 14.1. The van der Waals surface area contributed by atoms with Crippen molar-refractivity contribution < 1.29 is 63.6 Å². The number of carbonyl (C=O) groups is 1. The highest BCUT2D eigenvalue weighted by atomic mass is 32.1. The van der Waals surface area contributed by atoms with Gasteiger partial charge >= 0.3 is 30.8 Å². The molecule has 0 radical (unpaired) electrons. The van der Waals surface area contributed by atoms with Crippen molar-refractivity contribution in [2.45, 2.75) is 70.8 Å². The minimum atomic E-state index is -5.86. The summed E-state index contributed by atoms with van der Waals surface area (Å²) >= 11 is 1.35. The minimum Gasteiger partial charge on any atom is -0.484 e. The summed E-state index contributed by atoms with van der Waals surface area (Å²) in [4.78, 5) is 11.7. The Morgan fingerprint density at radius 1 is 0.844 bits per heavy atom. The van der Waals surface area contributed by atoms with Crippen LogP contribution in [0, 0.1) is 0 Å². The Balaban J connectivity index is 1.64. The van der Waals surface area contributed by atoms with Crippen LogP contribution in [0.2, 0.25) is 0 Å². The van der Waals surface area contributed by atoms with Crippen molar-refractivity contribution in [3.05, 3.63) is 66.2 Å². The maximum Gasteiger partial charge on any atom is 0.496 e. The van der Waals surface area contributed by atoms with Gasteiger partial charge in [0, 0.05) is 15.7 Å². The number of thiophene rings is 1. The number of fused-ring (bicyclic) bond motifs is 1. The number of carbonyl (C=O) groups excluding carboxylic acids is 1.